The molecule has 0 N–H and O–H groups in total. The summed E-state index contributed by atoms with van der Waals surface area (Å²) < 4.78 is 0. The molecule has 0 saturated carbocycles. The van der Waals surface area contributed by atoms with E-state index in [-0.39, 0.29) is 5.92 Å². The van der Waals surface area contributed by atoms with Gasteiger partial charge < -0.3 is 0 Å². The van der Waals surface area contributed by atoms with E-state index in [1.807, 2.05) is 32.0 Å². The molecular formula is C13H14O. The second-order valence-electron chi connectivity index (χ2n) is 3.94. The monoisotopic (exact) mass is 186 g/mol. The van der Waals surface area contributed by atoms with Gasteiger partial charge in [0.15, 0.2) is 5.78 Å². The second kappa shape index (κ2) is 3.41. The van der Waals surface area contributed by atoms with E-state index in [1.54, 1.807) is 0 Å². The van der Waals surface area contributed by atoms with Gasteiger partial charge in [0.05, 0.1) is 0 Å². The number of carbonyl (C=O) groups excluding carboxylic acids is 1. The molecule has 0 spiro atoms. The molecule has 0 amide bonds. The van der Waals surface area contributed by atoms with E-state index in [9.17, 15) is 4.79 Å². The highest BCUT2D eigenvalue weighted by Gasteiger charge is 2.27. The lowest BCUT2D eigenvalue weighted by Gasteiger charge is -2.02. The third-order valence-corrected chi connectivity index (χ3v) is 2.90. The summed E-state index contributed by atoms with van der Waals surface area (Å²) in [5.41, 5.74) is 3.37. The third kappa shape index (κ3) is 1.39. The van der Waals surface area contributed by atoms with E-state index in [0.717, 1.165) is 12.0 Å². The average molecular weight is 186 g/mol. The van der Waals surface area contributed by atoms with Crippen LogP contribution < -0.4 is 0 Å². The number of benzene rings is 1. The molecular weight excluding hydrogens is 172 g/mol. The summed E-state index contributed by atoms with van der Waals surface area (Å²) in [4.78, 5) is 11.6. The van der Waals surface area contributed by atoms with Crippen LogP contribution in [-0.4, -0.2) is 5.78 Å². The first kappa shape index (κ1) is 9.20. The van der Waals surface area contributed by atoms with Crippen LogP contribution in [-0.2, 0) is 4.79 Å². The van der Waals surface area contributed by atoms with Crippen LogP contribution in [0, 0.1) is 5.92 Å². The van der Waals surface area contributed by atoms with E-state index in [2.05, 4.69) is 12.1 Å². The molecule has 0 saturated heterocycles. The predicted molar refractivity (Wildman–Crippen MR) is 57.8 cm³/mol. The van der Waals surface area contributed by atoms with Crippen molar-refractivity contribution in [1.82, 2.24) is 0 Å². The lowest BCUT2D eigenvalue weighted by Crippen LogP contribution is -2.03. The molecule has 0 aliphatic heterocycles. The van der Waals surface area contributed by atoms with Gasteiger partial charge in [-0.15, -0.1) is 0 Å². The summed E-state index contributed by atoms with van der Waals surface area (Å²) in [7, 11) is 0. The van der Waals surface area contributed by atoms with Gasteiger partial charge in [0.1, 0.15) is 0 Å². The quantitative estimate of drug-likeness (QED) is 0.658. The summed E-state index contributed by atoms with van der Waals surface area (Å²) in [5, 5.41) is 0. The number of carbonyl (C=O) groups is 1. The zero-order valence-electron chi connectivity index (χ0n) is 8.58. The van der Waals surface area contributed by atoms with Crippen molar-refractivity contribution in [2.24, 2.45) is 5.92 Å². The van der Waals surface area contributed by atoms with Gasteiger partial charge in [-0.1, -0.05) is 37.3 Å². The lowest BCUT2D eigenvalue weighted by atomic mass is 10.0. The molecule has 1 aliphatic rings. The molecule has 1 aliphatic carbocycles. The molecule has 1 heteroatoms. The summed E-state index contributed by atoms with van der Waals surface area (Å²) in [6, 6.07) is 10.2. The summed E-state index contributed by atoms with van der Waals surface area (Å²) in [5.74, 6) is 0.481. The molecule has 0 heterocycles. The third-order valence-electron chi connectivity index (χ3n) is 2.90. The predicted octanol–water partition coefficient (Wildman–Crippen LogP) is 3.07. The van der Waals surface area contributed by atoms with Crippen molar-refractivity contribution in [1.29, 1.82) is 0 Å². The van der Waals surface area contributed by atoms with Crippen LogP contribution in [0.3, 0.4) is 0 Å². The van der Waals surface area contributed by atoms with Crippen molar-refractivity contribution in [2.45, 2.75) is 20.3 Å². The topological polar surface area (TPSA) is 17.1 Å². The summed E-state index contributed by atoms with van der Waals surface area (Å²) >= 11 is 0. The molecule has 0 bridgehead atoms. The fourth-order valence-corrected chi connectivity index (χ4v) is 2.04. The van der Waals surface area contributed by atoms with Crippen LogP contribution in [0.5, 0.6) is 0 Å². The number of allylic oxidation sites excluding steroid dienone is 2. The minimum absolute atomic E-state index is 0.171. The zero-order valence-corrected chi connectivity index (χ0v) is 8.58. The molecule has 2 rings (SSSR count). The highest BCUT2D eigenvalue weighted by atomic mass is 16.1. The van der Waals surface area contributed by atoms with E-state index < -0.39 is 0 Å². The first-order valence-electron chi connectivity index (χ1n) is 4.99. The summed E-state index contributed by atoms with van der Waals surface area (Å²) in [6.45, 7) is 3.94. The molecule has 0 fully saturated rings. The van der Waals surface area contributed by atoms with Crippen LogP contribution >= 0.6 is 0 Å². The average Bonchev–Trinajstić information content (AvgIpc) is 2.47. The van der Waals surface area contributed by atoms with E-state index >= 15 is 0 Å². The Balaban J connectivity index is 2.42. The Morgan fingerprint density at radius 3 is 2.36 bits per heavy atom. The normalized spacial score (nSPS) is 21.9. The van der Waals surface area contributed by atoms with E-state index in [4.69, 9.17) is 0 Å². The fraction of sp³-hybridized carbons (Fsp3) is 0.308. The van der Waals surface area contributed by atoms with Crippen LogP contribution in [0.15, 0.2) is 35.9 Å². The minimum atomic E-state index is 0.171. The van der Waals surface area contributed by atoms with Crippen LogP contribution in [0.2, 0.25) is 0 Å². The largest absolute Gasteiger partial charge is 0.294 e. The van der Waals surface area contributed by atoms with Crippen molar-refractivity contribution in [3.8, 4) is 0 Å². The lowest BCUT2D eigenvalue weighted by molar-refractivity contribution is -0.117. The zero-order chi connectivity index (χ0) is 10.1. The fourth-order valence-electron chi connectivity index (χ4n) is 2.04. The van der Waals surface area contributed by atoms with Gasteiger partial charge in [-0.05, 0) is 30.1 Å². The number of hydrogen-bond acceptors (Lipinski definition) is 1. The smallest absolute Gasteiger partial charge is 0.161 e. The van der Waals surface area contributed by atoms with Crippen molar-refractivity contribution in [2.75, 3.05) is 0 Å². The Bertz CT molecular complexity index is 387. The Morgan fingerprint density at radius 2 is 1.86 bits per heavy atom. The highest BCUT2D eigenvalue weighted by molar-refractivity contribution is 6.07. The maximum Gasteiger partial charge on any atom is 0.161 e. The van der Waals surface area contributed by atoms with E-state index in [1.165, 1.54) is 11.1 Å². The van der Waals surface area contributed by atoms with Crippen molar-refractivity contribution >= 4 is 11.4 Å². The van der Waals surface area contributed by atoms with Gasteiger partial charge in [0.2, 0.25) is 0 Å². The van der Waals surface area contributed by atoms with Gasteiger partial charge in [-0.2, -0.15) is 0 Å². The molecule has 14 heavy (non-hydrogen) atoms. The molecule has 0 aromatic heterocycles. The Labute approximate surface area is 84.5 Å². The number of ketones is 1. The van der Waals surface area contributed by atoms with E-state index in [0.29, 0.717) is 5.78 Å². The molecule has 1 unspecified atom stereocenters. The van der Waals surface area contributed by atoms with Crippen LogP contribution in [0.1, 0.15) is 25.8 Å². The van der Waals surface area contributed by atoms with Gasteiger partial charge in [0, 0.05) is 5.92 Å². The highest BCUT2D eigenvalue weighted by Crippen LogP contribution is 2.34. The van der Waals surface area contributed by atoms with Gasteiger partial charge in [0.25, 0.3) is 0 Å². The maximum atomic E-state index is 11.6. The number of hydrogen-bond donors (Lipinski definition) is 0. The van der Waals surface area contributed by atoms with Crippen molar-refractivity contribution in [3.63, 3.8) is 0 Å². The van der Waals surface area contributed by atoms with Gasteiger partial charge in [-0.3, -0.25) is 4.79 Å². The van der Waals surface area contributed by atoms with Crippen LogP contribution in [0.25, 0.3) is 5.57 Å². The Hall–Kier alpha value is -1.37. The maximum absolute atomic E-state index is 11.6. The van der Waals surface area contributed by atoms with Gasteiger partial charge >= 0.3 is 0 Å². The molecule has 0 radical (unpaired) electrons. The molecule has 1 aromatic rings. The standard InChI is InChI=1S/C13H14O/c1-9-8-12(10(2)13(9)14)11-6-4-3-5-7-11/h3-7,9H,8H2,1-2H3. The number of rotatable bonds is 1. The number of Topliss-reactive ketones (excluding diaryl/α,β-unsaturated/α-hetero) is 1. The molecule has 1 nitrogen and oxygen atoms in total. The van der Waals surface area contributed by atoms with Crippen LogP contribution in [0.4, 0.5) is 0 Å². The first-order valence-corrected chi connectivity index (χ1v) is 4.99. The van der Waals surface area contributed by atoms with Gasteiger partial charge in [-0.25, -0.2) is 0 Å². The minimum Gasteiger partial charge on any atom is -0.294 e. The van der Waals surface area contributed by atoms with Crippen molar-refractivity contribution < 1.29 is 4.79 Å². The molecule has 1 atom stereocenters. The molecule has 72 valence electrons. The second-order valence-corrected chi connectivity index (χ2v) is 3.94. The Morgan fingerprint density at radius 1 is 1.21 bits per heavy atom. The molecule has 1 aromatic carbocycles. The SMILES string of the molecule is CC1=C(c2ccccc2)CC(C)C1=O. The summed E-state index contributed by atoms with van der Waals surface area (Å²) in [6.07, 6.45) is 0.898. The van der Waals surface area contributed by atoms with Crippen molar-refractivity contribution in [3.05, 3.63) is 41.5 Å². The first-order chi connectivity index (χ1) is 6.70. The Kier molecular flexibility index (Phi) is 2.24.